The number of aliphatic hydroxyl groups excluding tert-OH is 1. The number of carbonyl (C=O) groups excluding carboxylic acids is 1. The SMILES string of the molecule is CCCCCCCCC#Cc1ccc([C@H]2[C@@H](CO)NC(=O)N2C(C)C)cc1. The summed E-state index contributed by atoms with van der Waals surface area (Å²) in [5.41, 5.74) is 2.03. The molecule has 0 saturated carbocycles. The first-order valence-electron chi connectivity index (χ1n) is 10.4. The largest absolute Gasteiger partial charge is 0.394 e. The highest BCUT2D eigenvalue weighted by atomic mass is 16.3. The summed E-state index contributed by atoms with van der Waals surface area (Å²) in [5, 5.41) is 12.5. The van der Waals surface area contributed by atoms with Crippen LogP contribution in [0, 0.1) is 11.8 Å². The van der Waals surface area contributed by atoms with Gasteiger partial charge in [-0.05, 0) is 38.0 Å². The zero-order valence-corrected chi connectivity index (χ0v) is 17.0. The second kappa shape index (κ2) is 11.0. The maximum Gasteiger partial charge on any atom is 0.318 e. The summed E-state index contributed by atoms with van der Waals surface area (Å²) in [6.07, 6.45) is 8.67. The lowest BCUT2D eigenvalue weighted by Crippen LogP contribution is -2.36. The van der Waals surface area contributed by atoms with Crippen LogP contribution in [0.25, 0.3) is 0 Å². The Hall–Kier alpha value is -1.99. The van der Waals surface area contributed by atoms with Crippen molar-refractivity contribution < 1.29 is 9.90 Å². The van der Waals surface area contributed by atoms with E-state index in [1.807, 2.05) is 38.1 Å². The number of hydrogen-bond donors (Lipinski definition) is 2. The number of urea groups is 1. The minimum Gasteiger partial charge on any atom is -0.394 e. The number of carbonyl (C=O) groups is 1. The number of benzene rings is 1. The molecule has 0 aliphatic carbocycles. The minimum absolute atomic E-state index is 0.0700. The second-order valence-corrected chi connectivity index (χ2v) is 7.63. The van der Waals surface area contributed by atoms with Crippen LogP contribution in [0.3, 0.4) is 0 Å². The zero-order chi connectivity index (χ0) is 19.6. The van der Waals surface area contributed by atoms with Crippen LogP contribution in [0.4, 0.5) is 4.79 Å². The third kappa shape index (κ3) is 6.01. The number of unbranched alkanes of at least 4 members (excludes halogenated alkanes) is 6. The summed E-state index contributed by atoms with van der Waals surface area (Å²) in [5.74, 6) is 6.51. The summed E-state index contributed by atoms with van der Waals surface area (Å²) >= 11 is 0. The molecule has 148 valence electrons. The van der Waals surface area contributed by atoms with E-state index in [4.69, 9.17) is 0 Å². The molecule has 0 aromatic heterocycles. The third-order valence-corrected chi connectivity index (χ3v) is 5.12. The van der Waals surface area contributed by atoms with Gasteiger partial charge in [0.1, 0.15) is 0 Å². The van der Waals surface area contributed by atoms with E-state index >= 15 is 0 Å². The van der Waals surface area contributed by atoms with Gasteiger partial charge < -0.3 is 15.3 Å². The van der Waals surface area contributed by atoms with Gasteiger partial charge in [0.25, 0.3) is 0 Å². The third-order valence-electron chi connectivity index (χ3n) is 5.12. The standard InChI is InChI=1S/C23H34N2O2/c1-4-5-6-7-8-9-10-11-12-19-13-15-20(16-14-19)22-21(17-26)24-23(27)25(22)18(2)3/h13-16,18,21-22,26H,4-10,17H2,1-3H3,(H,24,27)/t21-,22+/m1/s1. The van der Waals surface area contributed by atoms with Crippen molar-refractivity contribution in [1.29, 1.82) is 0 Å². The van der Waals surface area contributed by atoms with E-state index in [0.29, 0.717) is 0 Å². The van der Waals surface area contributed by atoms with Gasteiger partial charge in [-0.2, -0.15) is 0 Å². The molecule has 2 atom stereocenters. The van der Waals surface area contributed by atoms with Crippen molar-refractivity contribution >= 4 is 6.03 Å². The highest BCUT2D eigenvalue weighted by Crippen LogP contribution is 2.31. The lowest BCUT2D eigenvalue weighted by Gasteiger charge is -2.29. The van der Waals surface area contributed by atoms with Crippen molar-refractivity contribution in [3.05, 3.63) is 35.4 Å². The van der Waals surface area contributed by atoms with Gasteiger partial charge in [0.2, 0.25) is 0 Å². The Labute approximate surface area is 164 Å². The average Bonchev–Trinajstić information content (AvgIpc) is 3.01. The Morgan fingerprint density at radius 3 is 2.41 bits per heavy atom. The fourth-order valence-electron chi connectivity index (χ4n) is 3.65. The van der Waals surface area contributed by atoms with E-state index in [9.17, 15) is 9.90 Å². The maximum absolute atomic E-state index is 12.2. The maximum atomic E-state index is 12.2. The van der Waals surface area contributed by atoms with Crippen LogP contribution in [0.2, 0.25) is 0 Å². The summed E-state index contributed by atoms with van der Waals surface area (Å²) in [4.78, 5) is 14.0. The highest BCUT2D eigenvalue weighted by molar-refractivity contribution is 5.78. The van der Waals surface area contributed by atoms with Gasteiger partial charge in [-0.25, -0.2) is 4.79 Å². The molecule has 4 heteroatoms. The molecule has 1 heterocycles. The van der Waals surface area contributed by atoms with Crippen LogP contribution in [-0.2, 0) is 0 Å². The molecule has 1 aliphatic rings. The Morgan fingerprint density at radius 2 is 1.78 bits per heavy atom. The molecule has 0 unspecified atom stereocenters. The molecule has 1 aromatic rings. The molecule has 0 bridgehead atoms. The Balaban J connectivity index is 1.93. The number of hydrogen-bond acceptors (Lipinski definition) is 2. The van der Waals surface area contributed by atoms with Crippen LogP contribution in [-0.4, -0.2) is 34.7 Å². The number of rotatable bonds is 9. The average molecular weight is 371 g/mol. The van der Waals surface area contributed by atoms with Gasteiger partial charge in [-0.3, -0.25) is 0 Å². The number of nitrogens with one attached hydrogen (secondary N) is 1. The first-order valence-corrected chi connectivity index (χ1v) is 10.4. The molecule has 1 aromatic carbocycles. The quantitative estimate of drug-likeness (QED) is 0.492. The van der Waals surface area contributed by atoms with E-state index in [2.05, 4.69) is 24.1 Å². The lowest BCUT2D eigenvalue weighted by atomic mass is 9.98. The van der Waals surface area contributed by atoms with Gasteiger partial charge in [0.15, 0.2) is 0 Å². The Bertz CT molecular complexity index is 643. The predicted octanol–water partition coefficient (Wildman–Crippen LogP) is 4.62. The molecule has 4 nitrogen and oxygen atoms in total. The summed E-state index contributed by atoms with van der Waals surface area (Å²) in [6.45, 7) is 6.16. The molecule has 2 N–H and O–H groups in total. The normalized spacial score (nSPS) is 19.1. The van der Waals surface area contributed by atoms with Crippen LogP contribution < -0.4 is 5.32 Å². The molecule has 27 heavy (non-hydrogen) atoms. The number of nitrogens with zero attached hydrogens (tertiary/aromatic N) is 1. The van der Waals surface area contributed by atoms with Gasteiger partial charge in [0, 0.05) is 18.0 Å². The van der Waals surface area contributed by atoms with Crippen LogP contribution in [0.15, 0.2) is 24.3 Å². The summed E-state index contributed by atoms with van der Waals surface area (Å²) in [6, 6.07) is 7.62. The van der Waals surface area contributed by atoms with Gasteiger partial charge in [-0.15, -0.1) is 0 Å². The first kappa shape index (κ1) is 21.3. The van der Waals surface area contributed by atoms with Crippen molar-refractivity contribution in [3.8, 4) is 11.8 Å². The molecule has 2 rings (SSSR count). The van der Waals surface area contributed by atoms with Crippen molar-refractivity contribution in [3.63, 3.8) is 0 Å². The van der Waals surface area contributed by atoms with Gasteiger partial charge >= 0.3 is 6.03 Å². The zero-order valence-electron chi connectivity index (χ0n) is 17.0. The lowest BCUT2D eigenvalue weighted by molar-refractivity contribution is 0.170. The summed E-state index contributed by atoms with van der Waals surface area (Å²) in [7, 11) is 0. The minimum atomic E-state index is -0.274. The molecule has 0 spiro atoms. The molecule has 2 amide bonds. The predicted molar refractivity (Wildman–Crippen MR) is 110 cm³/mol. The molecular weight excluding hydrogens is 336 g/mol. The van der Waals surface area contributed by atoms with Gasteiger partial charge in [0.05, 0.1) is 18.7 Å². The van der Waals surface area contributed by atoms with Gasteiger partial charge in [-0.1, -0.05) is 63.0 Å². The van der Waals surface area contributed by atoms with E-state index in [-0.39, 0.29) is 30.8 Å². The fourth-order valence-corrected chi connectivity index (χ4v) is 3.65. The van der Waals surface area contributed by atoms with Crippen molar-refractivity contribution in [2.24, 2.45) is 0 Å². The molecule has 0 radical (unpaired) electrons. The fraction of sp³-hybridized carbons (Fsp3) is 0.609. The topological polar surface area (TPSA) is 52.6 Å². The molecule has 1 saturated heterocycles. The molecule has 1 fully saturated rings. The van der Waals surface area contributed by atoms with Crippen LogP contribution in [0.5, 0.6) is 0 Å². The second-order valence-electron chi connectivity index (χ2n) is 7.63. The van der Waals surface area contributed by atoms with Crippen molar-refractivity contribution in [1.82, 2.24) is 10.2 Å². The number of amides is 2. The smallest absolute Gasteiger partial charge is 0.318 e. The molecule has 1 aliphatic heterocycles. The van der Waals surface area contributed by atoms with Crippen molar-refractivity contribution in [2.75, 3.05) is 6.61 Å². The summed E-state index contributed by atoms with van der Waals surface area (Å²) < 4.78 is 0. The van der Waals surface area contributed by atoms with Crippen LogP contribution in [0.1, 0.15) is 82.9 Å². The van der Waals surface area contributed by atoms with E-state index in [1.54, 1.807) is 4.90 Å². The van der Waals surface area contributed by atoms with Crippen molar-refractivity contribution in [2.45, 2.75) is 83.8 Å². The Kier molecular flexibility index (Phi) is 8.67. The van der Waals surface area contributed by atoms with E-state index < -0.39 is 0 Å². The van der Waals surface area contributed by atoms with E-state index in [0.717, 1.165) is 17.5 Å². The van der Waals surface area contributed by atoms with E-state index in [1.165, 1.54) is 38.5 Å². The number of aliphatic hydroxyl groups is 1. The van der Waals surface area contributed by atoms with Crippen LogP contribution >= 0.6 is 0 Å². The Morgan fingerprint density at radius 1 is 1.11 bits per heavy atom. The highest BCUT2D eigenvalue weighted by Gasteiger charge is 2.41. The molecular formula is C23H34N2O2. The first-order chi connectivity index (χ1) is 13.1. The monoisotopic (exact) mass is 370 g/mol.